The molecule has 0 aromatic heterocycles. The zero-order chi connectivity index (χ0) is 18.2. The lowest BCUT2D eigenvalue weighted by Crippen LogP contribution is -2.36. The third-order valence-electron chi connectivity index (χ3n) is 4.75. The van der Waals surface area contributed by atoms with Gasteiger partial charge in [0.05, 0.1) is 22.3 Å². The molecular formula is C19H22ClNO3S. The van der Waals surface area contributed by atoms with Crippen molar-refractivity contribution in [2.24, 2.45) is 5.73 Å². The van der Waals surface area contributed by atoms with E-state index in [0.717, 1.165) is 11.1 Å². The van der Waals surface area contributed by atoms with Crippen LogP contribution >= 0.6 is 11.6 Å². The van der Waals surface area contributed by atoms with Gasteiger partial charge in [0, 0.05) is 17.5 Å². The van der Waals surface area contributed by atoms with Crippen molar-refractivity contribution in [3.05, 3.63) is 64.7 Å². The highest BCUT2D eigenvalue weighted by atomic mass is 35.5. The van der Waals surface area contributed by atoms with Gasteiger partial charge in [0.2, 0.25) is 0 Å². The monoisotopic (exact) mass is 379 g/mol. The molecule has 0 saturated heterocycles. The largest absolute Gasteiger partial charge is 0.380 e. The summed E-state index contributed by atoms with van der Waals surface area (Å²) in [6.45, 7) is 4.46. The van der Waals surface area contributed by atoms with Crippen molar-refractivity contribution in [2.45, 2.75) is 35.4 Å². The second-order valence-corrected chi connectivity index (χ2v) is 9.07. The quantitative estimate of drug-likeness (QED) is 0.835. The number of sulfone groups is 1. The number of ether oxygens (including phenoxy) is 1. The molecule has 0 heterocycles. The molecule has 2 N–H and O–H groups in total. The zero-order valence-electron chi connectivity index (χ0n) is 14.3. The van der Waals surface area contributed by atoms with Gasteiger partial charge >= 0.3 is 0 Å². The van der Waals surface area contributed by atoms with Gasteiger partial charge in [0.15, 0.2) is 9.84 Å². The van der Waals surface area contributed by atoms with Crippen LogP contribution in [0.15, 0.2) is 53.4 Å². The first-order chi connectivity index (χ1) is 11.8. The maximum atomic E-state index is 13.2. The number of hydrogen-bond donors (Lipinski definition) is 1. The molecule has 134 valence electrons. The topological polar surface area (TPSA) is 69.4 Å². The van der Waals surface area contributed by atoms with Gasteiger partial charge in [-0.05, 0) is 43.7 Å². The Bertz CT molecular complexity index is 866. The number of hydrogen-bond acceptors (Lipinski definition) is 4. The first-order valence-electron chi connectivity index (χ1n) is 8.23. The molecular weight excluding hydrogens is 358 g/mol. The highest BCUT2D eigenvalue weighted by molar-refractivity contribution is 7.92. The predicted molar refractivity (Wildman–Crippen MR) is 99.8 cm³/mol. The molecule has 4 nitrogen and oxygen atoms in total. The van der Waals surface area contributed by atoms with Crippen molar-refractivity contribution >= 4 is 21.4 Å². The summed E-state index contributed by atoms with van der Waals surface area (Å²) >= 11 is 6.09. The van der Waals surface area contributed by atoms with Crippen LogP contribution in [0, 0.1) is 6.92 Å². The van der Waals surface area contributed by atoms with E-state index in [9.17, 15) is 8.42 Å². The minimum absolute atomic E-state index is 0.191. The zero-order valence-corrected chi connectivity index (χ0v) is 15.8. The molecule has 6 heteroatoms. The van der Waals surface area contributed by atoms with Gasteiger partial charge < -0.3 is 10.5 Å². The second kappa shape index (κ2) is 6.72. The van der Waals surface area contributed by atoms with Gasteiger partial charge in [0.1, 0.15) is 0 Å². The summed E-state index contributed by atoms with van der Waals surface area (Å²) < 4.78 is 31.9. The molecule has 1 aliphatic carbocycles. The lowest BCUT2D eigenvalue weighted by atomic mass is 10.1. The highest BCUT2D eigenvalue weighted by Gasteiger charge is 2.69. The van der Waals surface area contributed by atoms with Crippen LogP contribution in [0.4, 0.5) is 0 Å². The predicted octanol–water partition coefficient (Wildman–Crippen LogP) is 3.32. The molecule has 1 saturated carbocycles. The lowest BCUT2D eigenvalue weighted by Gasteiger charge is -2.12. The van der Waals surface area contributed by atoms with Gasteiger partial charge in [-0.3, -0.25) is 0 Å². The summed E-state index contributed by atoms with van der Waals surface area (Å²) in [5, 5.41) is -0.164. The highest BCUT2D eigenvalue weighted by Crippen LogP contribution is 2.56. The molecule has 0 bridgehead atoms. The minimum atomic E-state index is -3.58. The average molecular weight is 380 g/mol. The fraction of sp³-hybridized carbons (Fsp3) is 0.368. The van der Waals surface area contributed by atoms with Crippen molar-refractivity contribution < 1.29 is 13.2 Å². The Morgan fingerprint density at radius 3 is 2.48 bits per heavy atom. The summed E-state index contributed by atoms with van der Waals surface area (Å²) in [5.74, 6) is -0.343. The van der Waals surface area contributed by atoms with Crippen LogP contribution in [0.1, 0.15) is 24.0 Å². The van der Waals surface area contributed by atoms with Crippen molar-refractivity contribution in [3.63, 3.8) is 0 Å². The van der Waals surface area contributed by atoms with Crippen LogP contribution in [-0.2, 0) is 14.6 Å². The maximum absolute atomic E-state index is 13.2. The molecule has 3 atom stereocenters. The van der Waals surface area contributed by atoms with E-state index in [2.05, 4.69) is 0 Å². The van der Waals surface area contributed by atoms with E-state index in [-0.39, 0.29) is 12.5 Å². The molecule has 0 aliphatic heterocycles. The van der Waals surface area contributed by atoms with E-state index in [1.807, 2.05) is 26.0 Å². The molecule has 0 radical (unpaired) electrons. The SMILES string of the molecule is CCOC[C@]1(N)[C@H](c2cccc(Cl)c2)[C@H]1S(=O)(=O)c1ccc(C)cc1. The smallest absolute Gasteiger partial charge is 0.183 e. The summed E-state index contributed by atoms with van der Waals surface area (Å²) in [6.07, 6.45) is 0. The normalized spacial score (nSPS) is 25.8. The van der Waals surface area contributed by atoms with Gasteiger partial charge in [-0.25, -0.2) is 8.42 Å². The third kappa shape index (κ3) is 3.34. The number of nitrogens with two attached hydrogens (primary N) is 1. The standard InChI is InChI=1S/C19H22ClNO3S/c1-3-24-12-19(21)17(14-5-4-6-15(20)11-14)18(19)25(22,23)16-9-7-13(2)8-10-16/h4-11,17-18H,3,12,21H2,1-2H3/t17-,18-,19+/m1/s1. The minimum Gasteiger partial charge on any atom is -0.380 e. The molecule has 0 spiro atoms. The Morgan fingerprint density at radius 2 is 1.88 bits per heavy atom. The van der Waals surface area contributed by atoms with E-state index in [1.165, 1.54) is 0 Å². The van der Waals surface area contributed by atoms with Crippen molar-refractivity contribution in [3.8, 4) is 0 Å². The molecule has 0 amide bonds. The fourth-order valence-corrected chi connectivity index (χ4v) is 5.89. The molecule has 3 rings (SSSR count). The first-order valence-corrected chi connectivity index (χ1v) is 10.2. The third-order valence-corrected chi connectivity index (χ3v) is 7.29. The van der Waals surface area contributed by atoms with E-state index in [4.69, 9.17) is 22.1 Å². The fourth-order valence-electron chi connectivity index (χ4n) is 3.40. The van der Waals surface area contributed by atoms with Gasteiger partial charge in [-0.2, -0.15) is 0 Å². The number of rotatable bonds is 6. The Morgan fingerprint density at radius 1 is 1.20 bits per heavy atom. The van der Waals surface area contributed by atoms with Crippen molar-refractivity contribution in [1.82, 2.24) is 0 Å². The van der Waals surface area contributed by atoms with E-state index < -0.39 is 20.6 Å². The van der Waals surface area contributed by atoms with Crippen LogP contribution in [0.25, 0.3) is 0 Å². The number of benzene rings is 2. The van der Waals surface area contributed by atoms with E-state index >= 15 is 0 Å². The van der Waals surface area contributed by atoms with Crippen LogP contribution in [0.3, 0.4) is 0 Å². The Kier molecular flexibility index (Phi) is 4.95. The summed E-state index contributed by atoms with van der Waals surface area (Å²) in [5.41, 5.74) is 7.39. The number of halogens is 1. The Hall–Kier alpha value is -1.40. The second-order valence-electron chi connectivity index (χ2n) is 6.56. The Balaban J connectivity index is 2.01. The van der Waals surface area contributed by atoms with E-state index in [1.54, 1.807) is 36.4 Å². The lowest BCUT2D eigenvalue weighted by molar-refractivity contribution is 0.125. The summed E-state index contributed by atoms with van der Waals surface area (Å²) in [4.78, 5) is 0.291. The van der Waals surface area contributed by atoms with Gasteiger partial charge in [-0.1, -0.05) is 41.4 Å². The van der Waals surface area contributed by atoms with Crippen LogP contribution in [0.5, 0.6) is 0 Å². The first kappa shape index (κ1) is 18.4. The Labute approximate surface area is 153 Å². The number of aryl methyl sites for hydroxylation is 1. The van der Waals surface area contributed by atoms with Crippen LogP contribution in [-0.4, -0.2) is 32.4 Å². The molecule has 2 aromatic rings. The summed E-state index contributed by atoms with van der Waals surface area (Å²) in [6, 6.07) is 14.1. The molecule has 2 aromatic carbocycles. The maximum Gasteiger partial charge on any atom is 0.183 e. The molecule has 0 unspecified atom stereocenters. The average Bonchev–Trinajstić information content (AvgIpc) is 3.20. The van der Waals surface area contributed by atoms with Crippen LogP contribution in [0.2, 0.25) is 5.02 Å². The van der Waals surface area contributed by atoms with Gasteiger partial charge in [0.25, 0.3) is 0 Å². The van der Waals surface area contributed by atoms with Gasteiger partial charge in [-0.15, -0.1) is 0 Å². The van der Waals surface area contributed by atoms with E-state index in [0.29, 0.717) is 16.5 Å². The van der Waals surface area contributed by atoms with Crippen molar-refractivity contribution in [1.29, 1.82) is 0 Å². The van der Waals surface area contributed by atoms with Crippen LogP contribution < -0.4 is 5.73 Å². The molecule has 1 aliphatic rings. The molecule has 25 heavy (non-hydrogen) atoms. The van der Waals surface area contributed by atoms with Crippen molar-refractivity contribution in [2.75, 3.05) is 13.2 Å². The summed E-state index contributed by atoms with van der Waals surface area (Å²) in [7, 11) is -3.58. The molecule has 1 fully saturated rings.